The summed E-state index contributed by atoms with van der Waals surface area (Å²) in [6.07, 6.45) is 0. The third-order valence-corrected chi connectivity index (χ3v) is 2.05. The second kappa shape index (κ2) is 3.41. The number of rotatable bonds is 2. The van der Waals surface area contributed by atoms with Crippen LogP contribution in [0.5, 0.6) is 0 Å². The van der Waals surface area contributed by atoms with Gasteiger partial charge in [-0.3, -0.25) is 0 Å². The number of carboxylic acid groups (broad SMARTS) is 1. The molecule has 15 heavy (non-hydrogen) atoms. The van der Waals surface area contributed by atoms with Crippen molar-refractivity contribution in [2.75, 3.05) is 0 Å². The van der Waals surface area contributed by atoms with Gasteiger partial charge in [0.1, 0.15) is 5.58 Å². The van der Waals surface area contributed by atoms with E-state index >= 15 is 0 Å². The average Bonchev–Trinajstić information content (AvgIpc) is 2.59. The molecule has 0 bridgehead atoms. The van der Waals surface area contributed by atoms with Gasteiger partial charge in [-0.1, -0.05) is 12.1 Å². The molecule has 6 heteroatoms. The maximum absolute atomic E-state index is 10.6. The summed E-state index contributed by atoms with van der Waals surface area (Å²) in [5.41, 5.74) is 0.576. The number of carbonyl (C=O) groups is 1. The van der Waals surface area contributed by atoms with Crippen molar-refractivity contribution < 1.29 is 24.4 Å². The topological polar surface area (TPSA) is 90.9 Å². The van der Waals surface area contributed by atoms with E-state index in [0.29, 0.717) is 11.0 Å². The molecule has 0 saturated heterocycles. The number of fused-ring (bicyclic) bond motifs is 1. The largest absolute Gasteiger partial charge is 0.488 e. The number of hydrogen-bond donors (Lipinski definition) is 3. The van der Waals surface area contributed by atoms with Crippen LogP contribution in [0.4, 0.5) is 0 Å². The zero-order valence-corrected chi connectivity index (χ0v) is 7.54. The minimum absolute atomic E-state index is 0.172. The zero-order chi connectivity index (χ0) is 11.0. The maximum Gasteiger partial charge on any atom is 0.488 e. The second-order valence-corrected chi connectivity index (χ2v) is 3.09. The van der Waals surface area contributed by atoms with E-state index in [1.807, 2.05) is 0 Å². The predicted molar refractivity (Wildman–Crippen MR) is 53.0 cm³/mol. The van der Waals surface area contributed by atoms with Gasteiger partial charge in [-0.2, -0.15) is 0 Å². The minimum atomic E-state index is -1.59. The molecule has 0 spiro atoms. The van der Waals surface area contributed by atoms with Gasteiger partial charge in [-0.05, 0) is 17.6 Å². The van der Waals surface area contributed by atoms with Crippen LogP contribution in [0.25, 0.3) is 11.0 Å². The molecule has 0 atom stereocenters. The molecule has 0 unspecified atom stereocenters. The van der Waals surface area contributed by atoms with E-state index in [1.165, 1.54) is 18.2 Å². The Labute approximate surface area is 84.7 Å². The lowest BCUT2D eigenvalue weighted by Crippen LogP contribution is -2.29. The van der Waals surface area contributed by atoms with Crippen LogP contribution < -0.4 is 5.46 Å². The monoisotopic (exact) mass is 206 g/mol. The number of benzene rings is 1. The molecule has 0 saturated carbocycles. The highest BCUT2D eigenvalue weighted by Gasteiger charge is 2.14. The van der Waals surface area contributed by atoms with Gasteiger partial charge in [-0.25, -0.2) is 4.79 Å². The van der Waals surface area contributed by atoms with Crippen molar-refractivity contribution >= 4 is 29.5 Å². The molecule has 0 amide bonds. The maximum atomic E-state index is 10.6. The van der Waals surface area contributed by atoms with Crippen LogP contribution in [0.15, 0.2) is 28.7 Å². The van der Waals surface area contributed by atoms with Crippen LogP contribution >= 0.6 is 0 Å². The molecule has 3 N–H and O–H groups in total. The first kappa shape index (κ1) is 9.76. The molecule has 2 aromatic rings. The molecule has 1 aromatic carbocycles. The SMILES string of the molecule is O=C(O)c1cc2ccc(B(O)O)cc2o1. The minimum Gasteiger partial charge on any atom is -0.475 e. The first-order valence-corrected chi connectivity index (χ1v) is 4.21. The van der Waals surface area contributed by atoms with Crippen LogP contribution in [-0.2, 0) is 0 Å². The van der Waals surface area contributed by atoms with Gasteiger partial charge >= 0.3 is 13.1 Å². The Morgan fingerprint density at radius 2 is 2.00 bits per heavy atom. The second-order valence-electron chi connectivity index (χ2n) is 3.09. The van der Waals surface area contributed by atoms with Crippen molar-refractivity contribution in [1.82, 2.24) is 0 Å². The first-order chi connectivity index (χ1) is 7.08. The number of aromatic carboxylic acids is 1. The number of carboxylic acids is 1. The Morgan fingerprint density at radius 3 is 2.60 bits per heavy atom. The zero-order valence-electron chi connectivity index (χ0n) is 7.54. The van der Waals surface area contributed by atoms with Crippen LogP contribution in [0.1, 0.15) is 10.6 Å². The normalized spacial score (nSPS) is 10.5. The van der Waals surface area contributed by atoms with Crippen LogP contribution in [0.2, 0.25) is 0 Å². The number of hydrogen-bond acceptors (Lipinski definition) is 4. The summed E-state index contributed by atoms with van der Waals surface area (Å²) in [7, 11) is -1.59. The van der Waals surface area contributed by atoms with Crippen molar-refractivity contribution in [3.63, 3.8) is 0 Å². The van der Waals surface area contributed by atoms with Crippen molar-refractivity contribution in [1.29, 1.82) is 0 Å². The molecule has 0 aliphatic rings. The smallest absolute Gasteiger partial charge is 0.475 e. The third-order valence-electron chi connectivity index (χ3n) is 2.05. The Morgan fingerprint density at radius 1 is 1.27 bits per heavy atom. The molecular weight excluding hydrogens is 199 g/mol. The van der Waals surface area contributed by atoms with E-state index < -0.39 is 13.1 Å². The standard InChI is InChI=1S/C9H7BO5/c11-9(12)8-3-5-1-2-6(10(13)14)4-7(5)15-8/h1-4,13-14H,(H,11,12). The molecule has 0 aliphatic heterocycles. The van der Waals surface area contributed by atoms with Crippen LogP contribution in [0.3, 0.4) is 0 Å². The molecular formula is C9H7BO5. The summed E-state index contributed by atoms with van der Waals surface area (Å²) < 4.78 is 5.00. The van der Waals surface area contributed by atoms with E-state index in [0.717, 1.165) is 0 Å². The fourth-order valence-corrected chi connectivity index (χ4v) is 1.31. The molecule has 0 aliphatic carbocycles. The van der Waals surface area contributed by atoms with Crippen LogP contribution in [0, 0.1) is 0 Å². The summed E-state index contributed by atoms with van der Waals surface area (Å²) >= 11 is 0. The van der Waals surface area contributed by atoms with Gasteiger partial charge in [0.15, 0.2) is 0 Å². The van der Waals surface area contributed by atoms with Gasteiger partial charge in [0, 0.05) is 5.39 Å². The predicted octanol–water partition coefficient (Wildman–Crippen LogP) is -0.189. The molecule has 1 heterocycles. The summed E-state index contributed by atoms with van der Waals surface area (Å²) in [5, 5.41) is 27.1. The van der Waals surface area contributed by atoms with Crippen molar-refractivity contribution in [2.45, 2.75) is 0 Å². The van der Waals surface area contributed by atoms with E-state index in [9.17, 15) is 4.79 Å². The lowest BCUT2D eigenvalue weighted by Gasteiger charge is -1.96. The summed E-state index contributed by atoms with van der Waals surface area (Å²) in [6.45, 7) is 0. The summed E-state index contributed by atoms with van der Waals surface area (Å²) in [5.74, 6) is -1.33. The van der Waals surface area contributed by atoms with E-state index in [-0.39, 0.29) is 11.2 Å². The molecule has 0 radical (unpaired) electrons. The lowest BCUT2D eigenvalue weighted by atomic mass is 9.80. The average molecular weight is 206 g/mol. The molecule has 0 fully saturated rings. The van der Waals surface area contributed by atoms with Gasteiger partial charge in [-0.15, -0.1) is 0 Å². The highest BCUT2D eigenvalue weighted by molar-refractivity contribution is 6.58. The van der Waals surface area contributed by atoms with Crippen molar-refractivity contribution in [3.8, 4) is 0 Å². The Hall–Kier alpha value is -1.79. The van der Waals surface area contributed by atoms with Crippen molar-refractivity contribution in [3.05, 3.63) is 30.0 Å². The van der Waals surface area contributed by atoms with Gasteiger partial charge in [0.25, 0.3) is 0 Å². The van der Waals surface area contributed by atoms with Gasteiger partial charge in [0.2, 0.25) is 5.76 Å². The highest BCUT2D eigenvalue weighted by Crippen LogP contribution is 2.17. The van der Waals surface area contributed by atoms with Gasteiger partial charge in [0.05, 0.1) is 0 Å². The summed E-state index contributed by atoms with van der Waals surface area (Å²) in [4.78, 5) is 10.6. The Kier molecular flexibility index (Phi) is 2.22. The van der Waals surface area contributed by atoms with E-state index in [4.69, 9.17) is 19.6 Å². The molecule has 1 aromatic heterocycles. The van der Waals surface area contributed by atoms with E-state index in [1.54, 1.807) is 6.07 Å². The fraction of sp³-hybridized carbons (Fsp3) is 0. The van der Waals surface area contributed by atoms with Gasteiger partial charge < -0.3 is 19.6 Å². The highest BCUT2D eigenvalue weighted by atomic mass is 16.4. The molecule has 2 rings (SSSR count). The quantitative estimate of drug-likeness (QED) is 0.592. The third kappa shape index (κ3) is 1.72. The lowest BCUT2D eigenvalue weighted by molar-refractivity contribution is 0.0665. The fourth-order valence-electron chi connectivity index (χ4n) is 1.31. The Balaban J connectivity index is 2.57. The summed E-state index contributed by atoms with van der Waals surface area (Å²) in [6, 6.07) is 5.84. The Bertz CT molecular complexity index is 516. The van der Waals surface area contributed by atoms with Crippen molar-refractivity contribution in [2.24, 2.45) is 0 Å². The van der Waals surface area contributed by atoms with Crippen LogP contribution in [-0.4, -0.2) is 28.2 Å². The number of furan rings is 1. The van der Waals surface area contributed by atoms with E-state index in [2.05, 4.69) is 0 Å². The molecule has 5 nitrogen and oxygen atoms in total. The molecule has 76 valence electrons. The first-order valence-electron chi connectivity index (χ1n) is 4.21.